The molecule has 0 aromatic heterocycles. The number of thioether (sulfide) groups is 1. The van der Waals surface area contributed by atoms with Gasteiger partial charge in [0.25, 0.3) is 0 Å². The van der Waals surface area contributed by atoms with Crippen molar-refractivity contribution >= 4 is 29.4 Å². The lowest BCUT2D eigenvalue weighted by atomic mass is 9.95. The van der Waals surface area contributed by atoms with E-state index in [9.17, 15) is 27.2 Å². The largest absolute Gasteiger partial charge is 0.471 e. The zero-order valence-corrected chi connectivity index (χ0v) is 14.8. The summed E-state index contributed by atoms with van der Waals surface area (Å²) in [5.74, 6) is -1.70. The smallest absolute Gasteiger partial charge is 0.442 e. The first-order chi connectivity index (χ1) is 12.8. The van der Waals surface area contributed by atoms with E-state index in [2.05, 4.69) is 0 Å². The number of carbonyl (C=O) groups excluding carboxylic acids is 2. The summed E-state index contributed by atoms with van der Waals surface area (Å²) in [4.78, 5) is 23.9. The molecule has 2 unspecified atom stereocenters. The highest BCUT2D eigenvalue weighted by Gasteiger charge is 2.40. The van der Waals surface area contributed by atoms with Crippen molar-refractivity contribution in [3.05, 3.63) is 41.1 Å². The lowest BCUT2D eigenvalue weighted by molar-refractivity contribution is -0.173. The number of ether oxygens (including phenoxy) is 1. The Bertz CT molecular complexity index is 769. The second-order valence-electron chi connectivity index (χ2n) is 6.12. The summed E-state index contributed by atoms with van der Waals surface area (Å²) in [5, 5.41) is 3.60. The van der Waals surface area contributed by atoms with Crippen molar-refractivity contribution in [2.45, 2.75) is 24.6 Å². The van der Waals surface area contributed by atoms with Crippen molar-refractivity contribution in [2.24, 2.45) is 0 Å². The molecular formula is C17H16F4N2O3S. The van der Waals surface area contributed by atoms with Gasteiger partial charge in [-0.15, -0.1) is 11.8 Å². The lowest BCUT2D eigenvalue weighted by Crippen LogP contribution is -2.41. The molecule has 0 saturated carbocycles. The predicted molar refractivity (Wildman–Crippen MR) is 92.0 cm³/mol. The number of amides is 2. The zero-order valence-electron chi connectivity index (χ0n) is 14.0. The molecule has 27 heavy (non-hydrogen) atoms. The van der Waals surface area contributed by atoms with Gasteiger partial charge in [0.2, 0.25) is 0 Å². The van der Waals surface area contributed by atoms with E-state index in [0.29, 0.717) is 5.56 Å². The number of nitrogens with one attached hydrogen (secondary N) is 1. The maximum absolute atomic E-state index is 14.5. The minimum atomic E-state index is -5.01. The molecular weight excluding hydrogens is 388 g/mol. The Morgan fingerprint density at radius 2 is 2.15 bits per heavy atom. The molecule has 3 rings (SSSR count). The van der Waals surface area contributed by atoms with E-state index in [1.165, 1.54) is 6.07 Å². The molecule has 10 heteroatoms. The van der Waals surface area contributed by atoms with Crippen LogP contribution < -0.4 is 10.2 Å². The third kappa shape index (κ3) is 4.55. The number of halogens is 4. The minimum Gasteiger partial charge on any atom is -0.442 e. The predicted octanol–water partition coefficient (Wildman–Crippen LogP) is 3.56. The number of carbonyl (C=O) groups is 2. The van der Waals surface area contributed by atoms with E-state index in [0.717, 1.165) is 17.1 Å². The molecule has 1 saturated heterocycles. The van der Waals surface area contributed by atoms with Crippen LogP contribution in [-0.4, -0.2) is 43.1 Å². The van der Waals surface area contributed by atoms with Crippen LogP contribution in [0.1, 0.15) is 17.9 Å². The molecule has 0 spiro atoms. The second-order valence-corrected chi connectivity index (χ2v) is 7.14. The van der Waals surface area contributed by atoms with Gasteiger partial charge in [0, 0.05) is 5.92 Å². The number of cyclic esters (lactones) is 1. The summed E-state index contributed by atoms with van der Waals surface area (Å²) in [6, 6.07) is 4.39. The summed E-state index contributed by atoms with van der Waals surface area (Å²) < 4.78 is 56.0. The van der Waals surface area contributed by atoms with Gasteiger partial charge in [0.15, 0.2) is 0 Å². The Morgan fingerprint density at radius 3 is 2.78 bits per heavy atom. The van der Waals surface area contributed by atoms with Gasteiger partial charge in [-0.3, -0.25) is 9.69 Å². The molecule has 1 aromatic rings. The number of rotatable bonds is 4. The van der Waals surface area contributed by atoms with Crippen LogP contribution in [0.5, 0.6) is 0 Å². The maximum atomic E-state index is 14.5. The molecule has 0 aliphatic carbocycles. The number of nitrogens with zero attached hydrogens (tertiary/aromatic N) is 1. The van der Waals surface area contributed by atoms with Gasteiger partial charge < -0.3 is 10.1 Å². The van der Waals surface area contributed by atoms with Crippen molar-refractivity contribution in [2.75, 3.05) is 23.7 Å². The standard InChI is InChI=1S/C17H16F4N2O3S/c18-14-7-11(1-2-13(14)10-3-5-27-6-4-10)23-9-12(26-16(23)25)8-22-15(24)17(19,20)21/h1-3,5,7,10,12H,4,6,8-9H2,(H,22,24). The van der Waals surface area contributed by atoms with Crippen LogP contribution in [-0.2, 0) is 9.53 Å². The molecule has 0 radical (unpaired) electrons. The second kappa shape index (κ2) is 7.79. The Kier molecular flexibility index (Phi) is 5.64. The highest BCUT2D eigenvalue weighted by Crippen LogP contribution is 2.33. The van der Waals surface area contributed by atoms with E-state index in [4.69, 9.17) is 4.74 Å². The first kappa shape index (κ1) is 19.5. The molecule has 5 nitrogen and oxygen atoms in total. The van der Waals surface area contributed by atoms with Gasteiger partial charge in [0.1, 0.15) is 11.9 Å². The Morgan fingerprint density at radius 1 is 1.37 bits per heavy atom. The number of hydrogen-bond donors (Lipinski definition) is 1. The van der Waals surface area contributed by atoms with Crippen LogP contribution in [0.25, 0.3) is 0 Å². The molecule has 2 amide bonds. The van der Waals surface area contributed by atoms with Crippen molar-refractivity contribution in [1.29, 1.82) is 0 Å². The molecule has 0 bridgehead atoms. The third-order valence-electron chi connectivity index (χ3n) is 4.27. The van der Waals surface area contributed by atoms with E-state index < -0.39 is 36.6 Å². The van der Waals surface area contributed by atoms with Crippen molar-refractivity contribution in [3.8, 4) is 0 Å². The molecule has 2 aliphatic heterocycles. The molecule has 1 aromatic carbocycles. The normalized spacial score (nSPS) is 22.7. The quantitative estimate of drug-likeness (QED) is 0.780. The van der Waals surface area contributed by atoms with Crippen LogP contribution in [0.3, 0.4) is 0 Å². The van der Waals surface area contributed by atoms with Crippen molar-refractivity contribution in [3.63, 3.8) is 0 Å². The van der Waals surface area contributed by atoms with Crippen molar-refractivity contribution < 1.29 is 31.9 Å². The third-order valence-corrected chi connectivity index (χ3v) is 5.09. The number of benzene rings is 1. The van der Waals surface area contributed by atoms with E-state index in [1.54, 1.807) is 29.2 Å². The average Bonchev–Trinajstić information content (AvgIpc) is 3.00. The molecule has 146 valence electrons. The Hall–Kier alpha value is -2.23. The first-order valence-corrected chi connectivity index (χ1v) is 9.21. The van der Waals surface area contributed by atoms with Gasteiger partial charge in [-0.2, -0.15) is 13.2 Å². The molecule has 2 atom stereocenters. The topological polar surface area (TPSA) is 58.6 Å². The number of anilines is 1. The van der Waals surface area contributed by atoms with E-state index in [-0.39, 0.29) is 18.2 Å². The monoisotopic (exact) mass is 404 g/mol. The first-order valence-electron chi connectivity index (χ1n) is 8.16. The van der Waals surface area contributed by atoms with Gasteiger partial charge in [0.05, 0.1) is 18.8 Å². The van der Waals surface area contributed by atoms with Crippen LogP contribution in [0, 0.1) is 5.82 Å². The van der Waals surface area contributed by atoms with Gasteiger partial charge in [-0.05, 0) is 35.3 Å². The fourth-order valence-corrected chi connectivity index (χ4v) is 3.73. The van der Waals surface area contributed by atoms with E-state index in [1.807, 2.05) is 11.5 Å². The molecule has 2 aliphatic rings. The summed E-state index contributed by atoms with van der Waals surface area (Å²) in [5.41, 5.74) is 0.775. The Balaban J connectivity index is 1.65. The fraction of sp³-hybridized carbons (Fsp3) is 0.412. The summed E-state index contributed by atoms with van der Waals surface area (Å²) in [6.07, 6.45) is -4.03. The number of alkyl halides is 3. The van der Waals surface area contributed by atoms with Crippen LogP contribution in [0.15, 0.2) is 29.7 Å². The lowest BCUT2D eigenvalue weighted by Gasteiger charge is -2.19. The zero-order chi connectivity index (χ0) is 19.6. The SMILES string of the molecule is O=C1OC(CNC(=O)C(F)(F)F)CN1c1ccc(C2C=CSCC2)c(F)c1. The molecule has 2 heterocycles. The van der Waals surface area contributed by atoms with Gasteiger partial charge in [-0.25, -0.2) is 9.18 Å². The number of hydrogen-bond acceptors (Lipinski definition) is 4. The minimum absolute atomic E-state index is 0.0313. The number of allylic oxidation sites excluding steroid dienone is 1. The summed E-state index contributed by atoms with van der Waals surface area (Å²) >= 11 is 1.66. The van der Waals surface area contributed by atoms with Gasteiger partial charge >= 0.3 is 18.2 Å². The fourth-order valence-electron chi connectivity index (χ4n) is 2.90. The highest BCUT2D eigenvalue weighted by atomic mass is 32.2. The van der Waals surface area contributed by atoms with Crippen LogP contribution in [0.4, 0.5) is 28.0 Å². The van der Waals surface area contributed by atoms with Gasteiger partial charge in [-0.1, -0.05) is 12.1 Å². The summed E-state index contributed by atoms with van der Waals surface area (Å²) in [7, 11) is 0. The Labute approximate surface area is 156 Å². The van der Waals surface area contributed by atoms with E-state index >= 15 is 0 Å². The molecule has 1 N–H and O–H groups in total. The average molecular weight is 404 g/mol. The highest BCUT2D eigenvalue weighted by molar-refractivity contribution is 8.02. The van der Waals surface area contributed by atoms with Crippen LogP contribution in [0.2, 0.25) is 0 Å². The van der Waals surface area contributed by atoms with Crippen LogP contribution >= 0.6 is 11.8 Å². The summed E-state index contributed by atoms with van der Waals surface area (Å²) in [6.45, 7) is -0.568. The maximum Gasteiger partial charge on any atom is 0.471 e. The molecule has 1 fully saturated rings. The van der Waals surface area contributed by atoms with Crippen molar-refractivity contribution in [1.82, 2.24) is 5.32 Å².